The number of ether oxygens (including phenoxy) is 2. The van der Waals surface area contributed by atoms with E-state index in [4.69, 9.17) is 9.47 Å². The molecule has 0 bridgehead atoms. The van der Waals surface area contributed by atoms with E-state index in [1.54, 1.807) is 7.11 Å². The zero-order chi connectivity index (χ0) is 16.5. The second-order valence-corrected chi connectivity index (χ2v) is 6.46. The standard InChI is InChI=1S/C20H21NO3/c1-23-17-10-6-14(7-11-17)13-21(16-8-9-16)20(22)19-12-15-4-2-3-5-18(15)24-19/h2-7,10-11,16,19H,8-9,12-13H2,1H3/t19-/m0/s1. The van der Waals surface area contributed by atoms with Crippen LogP contribution >= 0.6 is 0 Å². The monoisotopic (exact) mass is 323 g/mol. The smallest absolute Gasteiger partial charge is 0.264 e. The molecule has 4 nitrogen and oxygen atoms in total. The van der Waals surface area contributed by atoms with Gasteiger partial charge in [-0.3, -0.25) is 4.79 Å². The summed E-state index contributed by atoms with van der Waals surface area (Å²) in [5.74, 6) is 1.78. The van der Waals surface area contributed by atoms with Crippen LogP contribution < -0.4 is 9.47 Å². The number of amides is 1. The van der Waals surface area contributed by atoms with Crippen molar-refractivity contribution in [3.05, 3.63) is 59.7 Å². The highest BCUT2D eigenvalue weighted by Gasteiger charge is 2.39. The van der Waals surface area contributed by atoms with Crippen LogP contribution in [-0.4, -0.2) is 30.1 Å². The molecule has 4 rings (SSSR count). The van der Waals surface area contributed by atoms with Crippen molar-refractivity contribution >= 4 is 5.91 Å². The Labute approximate surface area is 142 Å². The Morgan fingerprint density at radius 3 is 2.58 bits per heavy atom. The Bertz CT molecular complexity index is 712. The molecular weight excluding hydrogens is 302 g/mol. The first-order valence-corrected chi connectivity index (χ1v) is 8.42. The fourth-order valence-corrected chi connectivity index (χ4v) is 3.21. The molecule has 1 aliphatic heterocycles. The van der Waals surface area contributed by atoms with Gasteiger partial charge in [0.05, 0.1) is 7.11 Å². The van der Waals surface area contributed by atoms with Gasteiger partial charge in [-0.1, -0.05) is 30.3 Å². The zero-order valence-electron chi connectivity index (χ0n) is 13.8. The summed E-state index contributed by atoms with van der Waals surface area (Å²) >= 11 is 0. The molecule has 1 aliphatic carbocycles. The van der Waals surface area contributed by atoms with Crippen LogP contribution in [0.5, 0.6) is 11.5 Å². The summed E-state index contributed by atoms with van der Waals surface area (Å²) in [7, 11) is 1.66. The molecule has 24 heavy (non-hydrogen) atoms. The normalized spacial score (nSPS) is 18.6. The maximum atomic E-state index is 13.0. The largest absolute Gasteiger partial charge is 0.497 e. The lowest BCUT2D eigenvalue weighted by atomic mass is 10.1. The van der Waals surface area contributed by atoms with Crippen LogP contribution in [0.25, 0.3) is 0 Å². The number of para-hydroxylation sites is 1. The number of hydrogen-bond donors (Lipinski definition) is 0. The molecule has 0 radical (unpaired) electrons. The third kappa shape index (κ3) is 2.96. The quantitative estimate of drug-likeness (QED) is 0.848. The van der Waals surface area contributed by atoms with Gasteiger partial charge in [0.2, 0.25) is 0 Å². The molecule has 2 aliphatic rings. The Kier molecular flexibility index (Phi) is 3.89. The lowest BCUT2D eigenvalue weighted by Gasteiger charge is -2.25. The van der Waals surface area contributed by atoms with Gasteiger partial charge in [0.25, 0.3) is 5.91 Å². The first-order valence-electron chi connectivity index (χ1n) is 8.42. The van der Waals surface area contributed by atoms with Crippen LogP contribution in [0, 0.1) is 0 Å². The Morgan fingerprint density at radius 1 is 1.17 bits per heavy atom. The molecule has 0 N–H and O–H groups in total. The van der Waals surface area contributed by atoms with Crippen LogP contribution in [-0.2, 0) is 17.8 Å². The van der Waals surface area contributed by atoms with Crippen LogP contribution in [0.15, 0.2) is 48.5 Å². The number of carbonyl (C=O) groups excluding carboxylic acids is 1. The van der Waals surface area contributed by atoms with Crippen molar-refractivity contribution in [2.45, 2.75) is 38.0 Å². The highest BCUT2D eigenvalue weighted by Crippen LogP contribution is 2.33. The summed E-state index contributed by atoms with van der Waals surface area (Å²) in [5.41, 5.74) is 2.24. The topological polar surface area (TPSA) is 38.8 Å². The van der Waals surface area contributed by atoms with E-state index in [9.17, 15) is 4.79 Å². The van der Waals surface area contributed by atoms with Crippen molar-refractivity contribution < 1.29 is 14.3 Å². The van der Waals surface area contributed by atoms with Gasteiger partial charge in [-0.2, -0.15) is 0 Å². The second kappa shape index (κ2) is 6.19. The number of benzene rings is 2. The Hall–Kier alpha value is -2.49. The van der Waals surface area contributed by atoms with E-state index in [0.29, 0.717) is 19.0 Å². The molecule has 2 aromatic rings. The maximum absolute atomic E-state index is 13.0. The van der Waals surface area contributed by atoms with Gasteiger partial charge >= 0.3 is 0 Å². The Balaban J connectivity index is 1.48. The van der Waals surface area contributed by atoms with Crippen LogP contribution in [0.2, 0.25) is 0 Å². The fraction of sp³-hybridized carbons (Fsp3) is 0.350. The minimum Gasteiger partial charge on any atom is -0.497 e. The number of methoxy groups -OCH3 is 1. The molecule has 2 aromatic carbocycles. The first kappa shape index (κ1) is 15.1. The average molecular weight is 323 g/mol. The van der Waals surface area contributed by atoms with E-state index in [-0.39, 0.29) is 12.0 Å². The third-order valence-corrected chi connectivity index (χ3v) is 4.71. The van der Waals surface area contributed by atoms with Gasteiger partial charge in [0, 0.05) is 19.0 Å². The predicted octanol–water partition coefficient (Wildman–Crippen LogP) is 3.19. The molecule has 1 atom stereocenters. The molecule has 0 saturated heterocycles. The van der Waals surface area contributed by atoms with E-state index in [2.05, 4.69) is 0 Å². The van der Waals surface area contributed by atoms with Crippen molar-refractivity contribution in [1.29, 1.82) is 0 Å². The number of fused-ring (bicyclic) bond motifs is 1. The molecule has 1 heterocycles. The van der Waals surface area contributed by atoms with Gasteiger partial charge in [0.1, 0.15) is 11.5 Å². The summed E-state index contributed by atoms with van der Waals surface area (Å²) in [6, 6.07) is 16.2. The van der Waals surface area contributed by atoms with Crippen LogP contribution in [0.4, 0.5) is 0 Å². The molecule has 124 valence electrons. The van der Waals surface area contributed by atoms with Gasteiger partial charge in [-0.25, -0.2) is 0 Å². The van der Waals surface area contributed by atoms with E-state index >= 15 is 0 Å². The summed E-state index contributed by atoms with van der Waals surface area (Å²) < 4.78 is 11.1. The zero-order valence-corrected chi connectivity index (χ0v) is 13.8. The number of rotatable bonds is 5. The van der Waals surface area contributed by atoms with E-state index < -0.39 is 0 Å². The molecule has 0 unspecified atom stereocenters. The van der Waals surface area contributed by atoms with Gasteiger partial charge in [-0.05, 0) is 42.2 Å². The highest BCUT2D eigenvalue weighted by molar-refractivity contribution is 5.83. The second-order valence-electron chi connectivity index (χ2n) is 6.46. The van der Waals surface area contributed by atoms with E-state index in [0.717, 1.165) is 35.5 Å². The van der Waals surface area contributed by atoms with Gasteiger partial charge in [0.15, 0.2) is 6.10 Å². The van der Waals surface area contributed by atoms with Crippen molar-refractivity contribution in [1.82, 2.24) is 4.90 Å². The summed E-state index contributed by atoms with van der Waals surface area (Å²) in [4.78, 5) is 15.0. The van der Waals surface area contributed by atoms with Gasteiger partial charge < -0.3 is 14.4 Å². The molecule has 4 heteroatoms. The molecule has 0 spiro atoms. The molecule has 1 amide bonds. The van der Waals surface area contributed by atoms with E-state index in [1.165, 1.54) is 0 Å². The van der Waals surface area contributed by atoms with Crippen molar-refractivity contribution in [3.63, 3.8) is 0 Å². The van der Waals surface area contributed by atoms with Crippen molar-refractivity contribution in [2.24, 2.45) is 0 Å². The summed E-state index contributed by atoms with van der Waals surface area (Å²) in [5, 5.41) is 0. The van der Waals surface area contributed by atoms with Gasteiger partial charge in [-0.15, -0.1) is 0 Å². The van der Waals surface area contributed by atoms with Crippen molar-refractivity contribution in [3.8, 4) is 11.5 Å². The minimum absolute atomic E-state index is 0.101. The van der Waals surface area contributed by atoms with Crippen LogP contribution in [0.3, 0.4) is 0 Å². The summed E-state index contributed by atoms with van der Waals surface area (Å²) in [6.07, 6.45) is 2.45. The number of hydrogen-bond acceptors (Lipinski definition) is 3. The highest BCUT2D eigenvalue weighted by atomic mass is 16.5. The summed E-state index contributed by atoms with van der Waals surface area (Å²) in [6.45, 7) is 0.629. The molecule has 1 saturated carbocycles. The Morgan fingerprint density at radius 2 is 1.92 bits per heavy atom. The van der Waals surface area contributed by atoms with E-state index in [1.807, 2.05) is 53.4 Å². The van der Waals surface area contributed by atoms with Crippen LogP contribution in [0.1, 0.15) is 24.0 Å². The average Bonchev–Trinajstić information content (AvgIpc) is 3.37. The maximum Gasteiger partial charge on any atom is 0.264 e. The third-order valence-electron chi connectivity index (χ3n) is 4.71. The predicted molar refractivity (Wildman–Crippen MR) is 91.1 cm³/mol. The minimum atomic E-state index is -0.388. The molecule has 0 aromatic heterocycles. The lowest BCUT2D eigenvalue weighted by molar-refractivity contribution is -0.139. The number of nitrogens with zero attached hydrogens (tertiary/aromatic N) is 1. The fourth-order valence-electron chi connectivity index (χ4n) is 3.21. The molecular formula is C20H21NO3. The lowest BCUT2D eigenvalue weighted by Crippen LogP contribution is -2.42. The first-order chi connectivity index (χ1) is 11.7. The van der Waals surface area contributed by atoms with Crippen molar-refractivity contribution in [2.75, 3.05) is 7.11 Å². The molecule has 1 fully saturated rings. The SMILES string of the molecule is COc1ccc(CN(C(=O)[C@@H]2Cc3ccccc3O2)C2CC2)cc1. The number of carbonyl (C=O) groups is 1.